The molecule has 1 heterocycles. The van der Waals surface area contributed by atoms with Crippen molar-refractivity contribution in [3.63, 3.8) is 0 Å². The molecule has 2 heteroatoms. The molecule has 2 N–H and O–H groups in total. The molecule has 1 aliphatic heterocycles. The third-order valence-electron chi connectivity index (χ3n) is 2.76. The van der Waals surface area contributed by atoms with Gasteiger partial charge in [0.15, 0.2) is 0 Å². The summed E-state index contributed by atoms with van der Waals surface area (Å²) >= 11 is 0. The zero-order chi connectivity index (χ0) is 8.27. The molecule has 0 spiro atoms. The summed E-state index contributed by atoms with van der Waals surface area (Å²) < 4.78 is 0. The monoisotopic (exact) mass is 156 g/mol. The zero-order valence-electron chi connectivity index (χ0n) is 7.71. The van der Waals surface area contributed by atoms with Gasteiger partial charge in [0.05, 0.1) is 0 Å². The molecule has 66 valence electrons. The van der Waals surface area contributed by atoms with Gasteiger partial charge in [-0.05, 0) is 26.7 Å². The summed E-state index contributed by atoms with van der Waals surface area (Å²) in [6.07, 6.45) is 4.10. The molecule has 0 radical (unpaired) electrons. The fraction of sp³-hybridized carbons (Fsp3) is 1.00. The quantitative estimate of drug-likeness (QED) is 0.651. The lowest BCUT2D eigenvalue weighted by molar-refractivity contribution is 0.107. The molecule has 0 amide bonds. The van der Waals surface area contributed by atoms with Crippen LogP contribution in [0.3, 0.4) is 0 Å². The molecule has 2 atom stereocenters. The summed E-state index contributed by atoms with van der Waals surface area (Å²) in [6, 6.07) is 1.50. The first kappa shape index (κ1) is 9.01. The van der Waals surface area contributed by atoms with E-state index < -0.39 is 0 Å². The van der Waals surface area contributed by atoms with Crippen LogP contribution < -0.4 is 5.73 Å². The van der Waals surface area contributed by atoms with Gasteiger partial charge in [0, 0.05) is 25.2 Å². The highest BCUT2D eigenvalue weighted by molar-refractivity contribution is 4.79. The zero-order valence-corrected chi connectivity index (χ0v) is 7.71. The van der Waals surface area contributed by atoms with E-state index in [2.05, 4.69) is 18.7 Å². The number of rotatable bonds is 2. The Morgan fingerprint density at radius 1 is 1.27 bits per heavy atom. The summed E-state index contributed by atoms with van der Waals surface area (Å²) in [6.45, 7) is 6.49. The maximum absolute atomic E-state index is 5.54. The second-order valence-corrected chi connectivity index (χ2v) is 3.66. The van der Waals surface area contributed by atoms with Gasteiger partial charge >= 0.3 is 0 Å². The number of hydrogen-bond donors (Lipinski definition) is 1. The molecule has 0 saturated carbocycles. The highest BCUT2D eigenvalue weighted by Crippen LogP contribution is 2.21. The van der Waals surface area contributed by atoms with Crippen LogP contribution in [-0.4, -0.2) is 30.1 Å². The van der Waals surface area contributed by atoms with Crippen LogP contribution in [0.4, 0.5) is 0 Å². The molecule has 0 aromatic rings. The molecule has 0 aromatic heterocycles. The highest BCUT2D eigenvalue weighted by Gasteiger charge is 2.23. The van der Waals surface area contributed by atoms with Crippen molar-refractivity contribution in [1.82, 2.24) is 4.90 Å². The predicted molar refractivity (Wildman–Crippen MR) is 48.5 cm³/mol. The molecule has 1 rings (SSSR count). The van der Waals surface area contributed by atoms with E-state index in [4.69, 9.17) is 5.73 Å². The van der Waals surface area contributed by atoms with Gasteiger partial charge in [0.25, 0.3) is 0 Å². The lowest BCUT2D eigenvalue weighted by Gasteiger charge is -2.38. The molecule has 0 unspecified atom stereocenters. The smallest absolute Gasteiger partial charge is 0.0110 e. The molecule has 0 bridgehead atoms. The topological polar surface area (TPSA) is 29.3 Å². The minimum absolute atomic E-state index is 0.752. The summed E-state index contributed by atoms with van der Waals surface area (Å²) in [4.78, 5) is 2.53. The Balaban J connectivity index is 2.41. The molecule has 1 fully saturated rings. The normalized spacial score (nSPS) is 34.1. The summed E-state index contributed by atoms with van der Waals surface area (Å²) in [5.74, 6) is 0. The van der Waals surface area contributed by atoms with Gasteiger partial charge in [-0.3, -0.25) is 4.90 Å². The van der Waals surface area contributed by atoms with Gasteiger partial charge in [-0.25, -0.2) is 0 Å². The van der Waals surface area contributed by atoms with Crippen LogP contribution in [0, 0.1) is 0 Å². The Bertz CT molecular complexity index is 104. The maximum atomic E-state index is 5.54. The van der Waals surface area contributed by atoms with Crippen molar-refractivity contribution in [3.8, 4) is 0 Å². The van der Waals surface area contributed by atoms with E-state index in [1.165, 1.54) is 19.3 Å². The van der Waals surface area contributed by atoms with Crippen LogP contribution in [-0.2, 0) is 0 Å². The summed E-state index contributed by atoms with van der Waals surface area (Å²) in [5.41, 5.74) is 5.54. The fourth-order valence-corrected chi connectivity index (χ4v) is 2.06. The van der Waals surface area contributed by atoms with Crippen molar-refractivity contribution >= 4 is 0 Å². The number of nitrogens with two attached hydrogens (primary N) is 1. The van der Waals surface area contributed by atoms with E-state index in [1.807, 2.05) is 0 Å². The van der Waals surface area contributed by atoms with Crippen LogP contribution in [0.2, 0.25) is 0 Å². The number of nitrogens with zero attached hydrogens (tertiary/aromatic N) is 1. The minimum atomic E-state index is 0.752. The van der Waals surface area contributed by atoms with Crippen LogP contribution in [0.25, 0.3) is 0 Å². The van der Waals surface area contributed by atoms with Crippen LogP contribution in [0.1, 0.15) is 33.1 Å². The van der Waals surface area contributed by atoms with Gasteiger partial charge in [-0.1, -0.05) is 6.42 Å². The SMILES string of the molecule is C[C@H]1CCC[C@H](C)N1CCN. The van der Waals surface area contributed by atoms with Gasteiger partial charge in [0.1, 0.15) is 0 Å². The van der Waals surface area contributed by atoms with Crippen molar-refractivity contribution in [1.29, 1.82) is 0 Å². The highest BCUT2D eigenvalue weighted by atomic mass is 15.2. The molecular weight excluding hydrogens is 136 g/mol. The van der Waals surface area contributed by atoms with E-state index in [0.29, 0.717) is 0 Å². The van der Waals surface area contributed by atoms with Gasteiger partial charge in [-0.15, -0.1) is 0 Å². The molecule has 2 nitrogen and oxygen atoms in total. The molecule has 0 aromatic carbocycles. The minimum Gasteiger partial charge on any atom is -0.329 e. The van der Waals surface area contributed by atoms with Gasteiger partial charge < -0.3 is 5.73 Å². The van der Waals surface area contributed by atoms with Crippen molar-refractivity contribution in [2.75, 3.05) is 13.1 Å². The van der Waals surface area contributed by atoms with Crippen molar-refractivity contribution in [2.24, 2.45) is 5.73 Å². The molecule has 1 saturated heterocycles. The molecule has 11 heavy (non-hydrogen) atoms. The standard InChI is InChI=1S/C9H20N2/c1-8-4-3-5-9(2)11(8)7-6-10/h8-9H,3-7,10H2,1-2H3/t8-,9-/m0/s1. The van der Waals surface area contributed by atoms with Crippen LogP contribution in [0.5, 0.6) is 0 Å². The van der Waals surface area contributed by atoms with Crippen molar-refractivity contribution in [2.45, 2.75) is 45.2 Å². The molecular formula is C9H20N2. The first-order valence-corrected chi connectivity index (χ1v) is 4.71. The second-order valence-electron chi connectivity index (χ2n) is 3.66. The van der Waals surface area contributed by atoms with Gasteiger partial charge in [-0.2, -0.15) is 0 Å². The second kappa shape index (κ2) is 4.07. The van der Waals surface area contributed by atoms with Gasteiger partial charge in [0.2, 0.25) is 0 Å². The average molecular weight is 156 g/mol. The Morgan fingerprint density at radius 3 is 2.27 bits per heavy atom. The Hall–Kier alpha value is -0.0800. The Kier molecular flexibility index (Phi) is 3.34. The van der Waals surface area contributed by atoms with E-state index in [9.17, 15) is 0 Å². The molecule has 0 aliphatic carbocycles. The van der Waals surface area contributed by atoms with Crippen LogP contribution in [0.15, 0.2) is 0 Å². The number of hydrogen-bond acceptors (Lipinski definition) is 2. The lowest BCUT2D eigenvalue weighted by atomic mass is 9.98. The van der Waals surface area contributed by atoms with Crippen molar-refractivity contribution in [3.05, 3.63) is 0 Å². The largest absolute Gasteiger partial charge is 0.329 e. The summed E-state index contributed by atoms with van der Waals surface area (Å²) in [7, 11) is 0. The predicted octanol–water partition coefficient (Wildman–Crippen LogP) is 1.21. The van der Waals surface area contributed by atoms with E-state index in [0.717, 1.165) is 25.2 Å². The average Bonchev–Trinajstić information content (AvgIpc) is 1.97. The Morgan fingerprint density at radius 2 is 1.82 bits per heavy atom. The number of likely N-dealkylation sites (tertiary alicyclic amines) is 1. The lowest BCUT2D eigenvalue weighted by Crippen LogP contribution is -2.45. The first-order valence-electron chi connectivity index (χ1n) is 4.71. The third kappa shape index (κ3) is 2.17. The van der Waals surface area contributed by atoms with E-state index in [-0.39, 0.29) is 0 Å². The molecule has 1 aliphatic rings. The van der Waals surface area contributed by atoms with Crippen LogP contribution >= 0.6 is 0 Å². The van der Waals surface area contributed by atoms with Crippen molar-refractivity contribution < 1.29 is 0 Å². The fourth-order valence-electron chi connectivity index (χ4n) is 2.06. The van der Waals surface area contributed by atoms with E-state index in [1.54, 1.807) is 0 Å². The number of piperidine rings is 1. The first-order chi connectivity index (χ1) is 5.25. The maximum Gasteiger partial charge on any atom is 0.0110 e. The summed E-state index contributed by atoms with van der Waals surface area (Å²) in [5, 5.41) is 0. The van der Waals surface area contributed by atoms with E-state index >= 15 is 0 Å². The third-order valence-corrected chi connectivity index (χ3v) is 2.76. The Labute approximate surface area is 69.8 Å².